The Kier molecular flexibility index (Phi) is 5.02. The van der Waals surface area contributed by atoms with Crippen LogP contribution in [0.4, 0.5) is 5.69 Å². The molecular weight excluding hydrogens is 359 g/mol. The Morgan fingerprint density at radius 2 is 1.80 bits per heavy atom. The molecule has 1 aliphatic rings. The molecule has 2 amide bonds. The normalized spacial score (nSPS) is 14.7. The third kappa shape index (κ3) is 3.80. The molecule has 2 N–H and O–H groups in total. The summed E-state index contributed by atoms with van der Waals surface area (Å²) in [6.45, 7) is 2.39. The molecule has 1 fully saturated rings. The van der Waals surface area contributed by atoms with Crippen molar-refractivity contribution in [3.05, 3.63) is 63.6 Å². The molecule has 0 heterocycles. The van der Waals surface area contributed by atoms with Gasteiger partial charge in [0.25, 0.3) is 0 Å². The first-order valence-corrected chi connectivity index (χ1v) is 8.77. The van der Waals surface area contributed by atoms with Crippen molar-refractivity contribution in [2.24, 2.45) is 5.41 Å². The van der Waals surface area contributed by atoms with Gasteiger partial charge in [0.05, 0.1) is 15.7 Å². The standard InChI is InChI=1S/C19H18Cl2N2O2/c1-12-4-2-5-13(10-12)11-22-17(24)19(8-9-19)18(25)23-15-7-3-6-14(20)16(15)21/h2-7,10H,8-9,11H2,1H3,(H,22,24)(H,23,25). The van der Waals surface area contributed by atoms with Crippen LogP contribution in [0.25, 0.3) is 0 Å². The lowest BCUT2D eigenvalue weighted by molar-refractivity contribution is -0.134. The van der Waals surface area contributed by atoms with E-state index in [1.807, 2.05) is 31.2 Å². The van der Waals surface area contributed by atoms with Crippen molar-refractivity contribution in [1.29, 1.82) is 0 Å². The number of carbonyl (C=O) groups is 2. The van der Waals surface area contributed by atoms with Gasteiger partial charge in [0.2, 0.25) is 11.8 Å². The van der Waals surface area contributed by atoms with Crippen LogP contribution < -0.4 is 10.6 Å². The highest BCUT2D eigenvalue weighted by Crippen LogP contribution is 2.47. The Morgan fingerprint density at radius 1 is 1.08 bits per heavy atom. The van der Waals surface area contributed by atoms with Gasteiger partial charge in [-0.15, -0.1) is 0 Å². The van der Waals surface area contributed by atoms with E-state index in [0.29, 0.717) is 30.1 Å². The lowest BCUT2D eigenvalue weighted by Gasteiger charge is -2.16. The average molecular weight is 377 g/mol. The number of amides is 2. The minimum atomic E-state index is -1.02. The van der Waals surface area contributed by atoms with Crippen molar-refractivity contribution in [1.82, 2.24) is 5.32 Å². The molecule has 0 unspecified atom stereocenters. The van der Waals surface area contributed by atoms with Gasteiger partial charge in [-0.05, 0) is 37.5 Å². The summed E-state index contributed by atoms with van der Waals surface area (Å²) in [5, 5.41) is 6.22. The fourth-order valence-corrected chi connectivity index (χ4v) is 3.05. The van der Waals surface area contributed by atoms with Crippen LogP contribution in [0.5, 0.6) is 0 Å². The summed E-state index contributed by atoms with van der Waals surface area (Å²) >= 11 is 12.1. The van der Waals surface area contributed by atoms with Crippen molar-refractivity contribution in [3.63, 3.8) is 0 Å². The highest BCUT2D eigenvalue weighted by molar-refractivity contribution is 6.44. The van der Waals surface area contributed by atoms with Crippen molar-refractivity contribution >= 4 is 40.7 Å². The molecule has 25 heavy (non-hydrogen) atoms. The van der Waals surface area contributed by atoms with Crippen LogP contribution in [-0.4, -0.2) is 11.8 Å². The highest BCUT2D eigenvalue weighted by atomic mass is 35.5. The lowest BCUT2D eigenvalue weighted by Crippen LogP contribution is -2.39. The Bertz CT molecular complexity index is 832. The van der Waals surface area contributed by atoms with Crippen LogP contribution in [0.15, 0.2) is 42.5 Å². The molecule has 2 aromatic carbocycles. The summed E-state index contributed by atoms with van der Waals surface area (Å²) in [6.07, 6.45) is 1.05. The smallest absolute Gasteiger partial charge is 0.240 e. The molecule has 1 aliphatic carbocycles. The summed E-state index contributed by atoms with van der Waals surface area (Å²) in [5.41, 5.74) is 1.52. The first kappa shape index (κ1) is 17.8. The fourth-order valence-electron chi connectivity index (χ4n) is 2.70. The van der Waals surface area contributed by atoms with Gasteiger partial charge in [-0.25, -0.2) is 0 Å². The number of carbonyl (C=O) groups excluding carboxylic acids is 2. The van der Waals surface area contributed by atoms with E-state index in [2.05, 4.69) is 10.6 Å². The van der Waals surface area contributed by atoms with E-state index in [9.17, 15) is 9.59 Å². The first-order chi connectivity index (χ1) is 11.9. The molecule has 0 aromatic heterocycles. The zero-order valence-corrected chi connectivity index (χ0v) is 15.2. The van der Waals surface area contributed by atoms with E-state index < -0.39 is 5.41 Å². The SMILES string of the molecule is Cc1cccc(CNC(=O)C2(C(=O)Nc3cccc(Cl)c3Cl)CC2)c1. The molecular formula is C19H18Cl2N2O2. The Morgan fingerprint density at radius 3 is 2.48 bits per heavy atom. The molecule has 130 valence electrons. The lowest BCUT2D eigenvalue weighted by atomic mass is 10.0. The van der Waals surface area contributed by atoms with Gasteiger partial charge in [0, 0.05) is 6.54 Å². The quantitative estimate of drug-likeness (QED) is 0.762. The number of anilines is 1. The molecule has 4 nitrogen and oxygen atoms in total. The third-order valence-corrected chi connectivity index (χ3v) is 5.17. The molecule has 1 saturated carbocycles. The van der Waals surface area contributed by atoms with E-state index >= 15 is 0 Å². The molecule has 2 aromatic rings. The fraction of sp³-hybridized carbons (Fsp3) is 0.263. The Labute approximate surface area is 156 Å². The van der Waals surface area contributed by atoms with Gasteiger partial charge < -0.3 is 10.6 Å². The van der Waals surface area contributed by atoms with E-state index in [1.54, 1.807) is 18.2 Å². The number of hydrogen-bond donors (Lipinski definition) is 2. The van der Waals surface area contributed by atoms with Crippen LogP contribution in [0, 0.1) is 12.3 Å². The molecule has 0 radical (unpaired) electrons. The summed E-state index contributed by atoms with van der Waals surface area (Å²) in [4.78, 5) is 25.1. The van der Waals surface area contributed by atoms with Gasteiger partial charge in [0.1, 0.15) is 5.41 Å². The minimum absolute atomic E-state index is 0.260. The molecule has 0 spiro atoms. The maximum Gasteiger partial charge on any atom is 0.240 e. The van der Waals surface area contributed by atoms with Crippen LogP contribution in [0.1, 0.15) is 24.0 Å². The van der Waals surface area contributed by atoms with Crippen molar-refractivity contribution in [2.45, 2.75) is 26.3 Å². The number of rotatable bonds is 5. The second-order valence-electron chi connectivity index (χ2n) is 6.31. The molecule has 0 atom stereocenters. The highest BCUT2D eigenvalue weighted by Gasteiger charge is 2.56. The maximum atomic E-state index is 12.6. The summed E-state index contributed by atoms with van der Waals surface area (Å²) in [7, 11) is 0. The molecule has 6 heteroatoms. The molecule has 0 bridgehead atoms. The zero-order chi connectivity index (χ0) is 18.0. The van der Waals surface area contributed by atoms with Gasteiger partial charge in [-0.1, -0.05) is 59.1 Å². The molecule has 0 aliphatic heterocycles. The van der Waals surface area contributed by atoms with Gasteiger partial charge in [-0.3, -0.25) is 9.59 Å². The first-order valence-electron chi connectivity index (χ1n) is 8.02. The predicted octanol–water partition coefficient (Wildman–Crippen LogP) is 4.34. The van der Waals surface area contributed by atoms with Gasteiger partial charge in [-0.2, -0.15) is 0 Å². The van der Waals surface area contributed by atoms with Gasteiger partial charge >= 0.3 is 0 Å². The zero-order valence-electron chi connectivity index (χ0n) is 13.7. The van der Waals surface area contributed by atoms with Crippen molar-refractivity contribution in [3.8, 4) is 0 Å². The average Bonchev–Trinajstić information content (AvgIpc) is 3.39. The monoisotopic (exact) mass is 376 g/mol. The van der Waals surface area contributed by atoms with Crippen LogP contribution in [0.3, 0.4) is 0 Å². The molecule has 0 saturated heterocycles. The van der Waals surface area contributed by atoms with E-state index in [0.717, 1.165) is 11.1 Å². The topological polar surface area (TPSA) is 58.2 Å². The summed E-state index contributed by atoms with van der Waals surface area (Å²) in [5.74, 6) is -0.608. The Hall–Kier alpha value is -2.04. The third-order valence-electron chi connectivity index (χ3n) is 4.35. The van der Waals surface area contributed by atoms with Crippen LogP contribution in [0.2, 0.25) is 10.0 Å². The number of halogens is 2. The van der Waals surface area contributed by atoms with Crippen LogP contribution >= 0.6 is 23.2 Å². The van der Waals surface area contributed by atoms with Gasteiger partial charge in [0.15, 0.2) is 0 Å². The van der Waals surface area contributed by atoms with E-state index in [1.165, 1.54) is 0 Å². The van der Waals surface area contributed by atoms with Crippen molar-refractivity contribution in [2.75, 3.05) is 5.32 Å². The number of aryl methyl sites for hydroxylation is 1. The van der Waals surface area contributed by atoms with Crippen molar-refractivity contribution < 1.29 is 9.59 Å². The largest absolute Gasteiger partial charge is 0.351 e. The second kappa shape index (κ2) is 7.06. The predicted molar refractivity (Wildman–Crippen MR) is 99.8 cm³/mol. The summed E-state index contributed by atoms with van der Waals surface area (Å²) in [6, 6.07) is 12.9. The van der Waals surface area contributed by atoms with Crippen LogP contribution in [-0.2, 0) is 16.1 Å². The van der Waals surface area contributed by atoms with E-state index in [4.69, 9.17) is 23.2 Å². The maximum absolute atomic E-state index is 12.6. The Balaban J connectivity index is 1.65. The number of benzene rings is 2. The summed E-state index contributed by atoms with van der Waals surface area (Å²) < 4.78 is 0. The number of nitrogens with one attached hydrogen (secondary N) is 2. The van der Waals surface area contributed by atoms with E-state index in [-0.39, 0.29) is 16.8 Å². The number of hydrogen-bond acceptors (Lipinski definition) is 2. The molecule has 3 rings (SSSR count). The minimum Gasteiger partial charge on any atom is -0.351 e. The second-order valence-corrected chi connectivity index (χ2v) is 7.09.